The van der Waals surface area contributed by atoms with E-state index in [0.717, 1.165) is 15.8 Å². The van der Waals surface area contributed by atoms with Crippen molar-refractivity contribution in [2.24, 2.45) is 5.16 Å². The smallest absolute Gasteiger partial charge is 0.0818 e. The predicted octanol–water partition coefficient (Wildman–Crippen LogP) is 2.10. The van der Waals surface area contributed by atoms with Crippen LogP contribution in [0.15, 0.2) is 28.9 Å². The van der Waals surface area contributed by atoms with E-state index in [2.05, 4.69) is 10.1 Å². The van der Waals surface area contributed by atoms with Crippen LogP contribution in [0.5, 0.6) is 0 Å². The van der Waals surface area contributed by atoms with Crippen LogP contribution in [0.2, 0.25) is 0 Å². The Morgan fingerprint density at radius 2 is 2.42 bits per heavy atom. The fourth-order valence-electron chi connectivity index (χ4n) is 1.07. The lowest BCUT2D eigenvalue weighted by atomic mass is 10.2. The molecule has 1 aromatic carbocycles. The first-order valence-corrected chi connectivity index (χ1v) is 4.29. The number of hydrogen-bond acceptors (Lipinski definition) is 4. The lowest BCUT2D eigenvalue weighted by molar-refractivity contribution is 0.322. The first kappa shape index (κ1) is 7.24. The summed E-state index contributed by atoms with van der Waals surface area (Å²) in [6.07, 6.45) is 1.42. The minimum absolute atomic E-state index is 0.900. The minimum atomic E-state index is 0.900. The average Bonchev–Trinajstić information content (AvgIpc) is 2.53. The summed E-state index contributed by atoms with van der Waals surface area (Å²) in [6.45, 7) is 0. The Hall–Kier alpha value is -1.42. The van der Waals surface area contributed by atoms with Crippen molar-refractivity contribution in [3.63, 3.8) is 0 Å². The number of nitrogens with zero attached hydrogens (tertiary/aromatic N) is 2. The maximum absolute atomic E-state index is 8.37. The van der Waals surface area contributed by atoms with Crippen LogP contribution >= 0.6 is 11.3 Å². The van der Waals surface area contributed by atoms with E-state index in [1.54, 1.807) is 16.8 Å². The summed E-state index contributed by atoms with van der Waals surface area (Å²) in [5, 5.41) is 11.4. The van der Waals surface area contributed by atoms with Crippen LogP contribution < -0.4 is 0 Å². The van der Waals surface area contributed by atoms with Gasteiger partial charge in [-0.25, -0.2) is 4.98 Å². The Kier molecular flexibility index (Phi) is 1.75. The maximum atomic E-state index is 8.37. The third kappa shape index (κ3) is 1.06. The molecular formula is C8H6N2OS. The Bertz CT molecular complexity index is 422. The Morgan fingerprint density at radius 3 is 3.25 bits per heavy atom. The topological polar surface area (TPSA) is 45.5 Å². The van der Waals surface area contributed by atoms with Crippen molar-refractivity contribution in [3.05, 3.63) is 29.3 Å². The van der Waals surface area contributed by atoms with E-state index in [4.69, 9.17) is 5.21 Å². The van der Waals surface area contributed by atoms with Gasteiger partial charge in [-0.1, -0.05) is 17.3 Å². The van der Waals surface area contributed by atoms with E-state index < -0.39 is 0 Å². The third-order valence-corrected chi connectivity index (χ3v) is 2.48. The van der Waals surface area contributed by atoms with E-state index in [1.807, 2.05) is 18.2 Å². The van der Waals surface area contributed by atoms with Gasteiger partial charge in [0.05, 0.1) is 21.9 Å². The summed E-state index contributed by atoms with van der Waals surface area (Å²) < 4.78 is 1.05. The van der Waals surface area contributed by atoms with E-state index >= 15 is 0 Å². The molecule has 0 radical (unpaired) electrons. The van der Waals surface area contributed by atoms with Crippen LogP contribution in [0.1, 0.15) is 5.56 Å². The number of oxime groups is 1. The van der Waals surface area contributed by atoms with Crippen LogP contribution in [-0.4, -0.2) is 16.4 Å². The molecule has 1 N–H and O–H groups in total. The number of aromatic nitrogens is 1. The van der Waals surface area contributed by atoms with Gasteiger partial charge in [0.2, 0.25) is 0 Å². The largest absolute Gasteiger partial charge is 0.411 e. The van der Waals surface area contributed by atoms with Gasteiger partial charge in [0.25, 0.3) is 0 Å². The molecule has 60 valence electrons. The highest BCUT2D eigenvalue weighted by molar-refractivity contribution is 7.17. The fraction of sp³-hybridized carbons (Fsp3) is 0. The summed E-state index contributed by atoms with van der Waals surface area (Å²) in [6, 6.07) is 5.71. The van der Waals surface area contributed by atoms with Gasteiger partial charge < -0.3 is 5.21 Å². The second-order valence-electron chi connectivity index (χ2n) is 2.29. The molecule has 4 heteroatoms. The Morgan fingerprint density at radius 1 is 1.50 bits per heavy atom. The van der Waals surface area contributed by atoms with Crippen molar-refractivity contribution in [1.29, 1.82) is 0 Å². The molecule has 2 rings (SSSR count). The van der Waals surface area contributed by atoms with E-state index in [0.29, 0.717) is 0 Å². The van der Waals surface area contributed by atoms with E-state index in [9.17, 15) is 0 Å². The summed E-state index contributed by atoms with van der Waals surface area (Å²) >= 11 is 1.54. The second kappa shape index (κ2) is 2.91. The van der Waals surface area contributed by atoms with Gasteiger partial charge in [0, 0.05) is 5.56 Å². The van der Waals surface area contributed by atoms with Crippen LogP contribution in [0.4, 0.5) is 0 Å². The molecule has 0 saturated carbocycles. The maximum Gasteiger partial charge on any atom is 0.0818 e. The molecule has 0 bridgehead atoms. The van der Waals surface area contributed by atoms with Gasteiger partial charge in [0.15, 0.2) is 0 Å². The lowest BCUT2D eigenvalue weighted by Crippen LogP contribution is -1.79. The third-order valence-electron chi connectivity index (χ3n) is 1.58. The summed E-state index contributed by atoms with van der Waals surface area (Å²) in [7, 11) is 0. The summed E-state index contributed by atoms with van der Waals surface area (Å²) in [5.74, 6) is 0. The summed E-state index contributed by atoms with van der Waals surface area (Å²) in [5.41, 5.74) is 3.62. The standard InChI is InChI=1S/C8H6N2OS/c11-10-4-6-2-1-3-7-8(6)12-5-9-7/h1-5,11H. The second-order valence-corrected chi connectivity index (χ2v) is 3.15. The van der Waals surface area contributed by atoms with Gasteiger partial charge >= 0.3 is 0 Å². The normalized spacial score (nSPS) is 11.3. The van der Waals surface area contributed by atoms with Crippen molar-refractivity contribution in [2.75, 3.05) is 0 Å². The molecular weight excluding hydrogens is 172 g/mol. The molecule has 0 aliphatic rings. The van der Waals surface area contributed by atoms with Crippen molar-refractivity contribution >= 4 is 27.8 Å². The zero-order chi connectivity index (χ0) is 8.39. The average molecular weight is 178 g/mol. The molecule has 1 aromatic heterocycles. The van der Waals surface area contributed by atoms with Gasteiger partial charge in [-0.05, 0) is 6.07 Å². The number of thiazole rings is 1. The monoisotopic (exact) mass is 178 g/mol. The van der Waals surface area contributed by atoms with Crippen molar-refractivity contribution in [1.82, 2.24) is 4.98 Å². The molecule has 2 aromatic rings. The first-order chi connectivity index (χ1) is 5.92. The van der Waals surface area contributed by atoms with Crippen molar-refractivity contribution < 1.29 is 5.21 Å². The highest BCUT2D eigenvalue weighted by atomic mass is 32.1. The molecule has 0 saturated heterocycles. The molecule has 1 heterocycles. The van der Waals surface area contributed by atoms with Crippen molar-refractivity contribution in [2.45, 2.75) is 0 Å². The molecule has 0 aliphatic heterocycles. The molecule has 0 fully saturated rings. The molecule has 0 spiro atoms. The van der Waals surface area contributed by atoms with Gasteiger partial charge in [0.1, 0.15) is 0 Å². The van der Waals surface area contributed by atoms with E-state index in [1.165, 1.54) is 6.21 Å². The zero-order valence-corrected chi connectivity index (χ0v) is 6.95. The van der Waals surface area contributed by atoms with Crippen LogP contribution in [-0.2, 0) is 0 Å². The number of benzene rings is 1. The number of fused-ring (bicyclic) bond motifs is 1. The highest BCUT2D eigenvalue weighted by Gasteiger charge is 1.99. The highest BCUT2D eigenvalue weighted by Crippen LogP contribution is 2.20. The number of rotatable bonds is 1. The number of hydrogen-bond donors (Lipinski definition) is 1. The Labute approximate surface area is 73.0 Å². The molecule has 12 heavy (non-hydrogen) atoms. The minimum Gasteiger partial charge on any atom is -0.411 e. The first-order valence-electron chi connectivity index (χ1n) is 3.41. The predicted molar refractivity (Wildman–Crippen MR) is 49.0 cm³/mol. The molecule has 0 aliphatic carbocycles. The SMILES string of the molecule is ON=Cc1cccc2ncsc12. The van der Waals surface area contributed by atoms with Gasteiger partial charge in [-0.15, -0.1) is 11.3 Å². The lowest BCUT2D eigenvalue weighted by Gasteiger charge is -1.91. The molecule has 0 amide bonds. The van der Waals surface area contributed by atoms with E-state index in [-0.39, 0.29) is 0 Å². The van der Waals surface area contributed by atoms with Crippen LogP contribution in [0, 0.1) is 0 Å². The van der Waals surface area contributed by atoms with Crippen LogP contribution in [0.25, 0.3) is 10.2 Å². The fourth-order valence-corrected chi connectivity index (χ4v) is 1.84. The molecule has 0 unspecified atom stereocenters. The quantitative estimate of drug-likeness (QED) is 0.413. The van der Waals surface area contributed by atoms with Gasteiger partial charge in [-0.3, -0.25) is 0 Å². The zero-order valence-electron chi connectivity index (χ0n) is 6.14. The van der Waals surface area contributed by atoms with Gasteiger partial charge in [-0.2, -0.15) is 0 Å². The Balaban J connectivity index is 2.73. The molecule has 3 nitrogen and oxygen atoms in total. The summed E-state index contributed by atoms with van der Waals surface area (Å²) in [4.78, 5) is 4.14. The van der Waals surface area contributed by atoms with Crippen molar-refractivity contribution in [3.8, 4) is 0 Å². The van der Waals surface area contributed by atoms with Crippen LogP contribution in [0.3, 0.4) is 0 Å². The molecule has 0 atom stereocenters.